The van der Waals surface area contributed by atoms with Gasteiger partial charge in [-0.2, -0.15) is 0 Å². The molecule has 0 radical (unpaired) electrons. The molecule has 0 aliphatic rings. The van der Waals surface area contributed by atoms with E-state index in [2.05, 4.69) is 27.7 Å². The molecule has 0 aromatic carbocycles. The third-order valence-corrected chi connectivity index (χ3v) is 4.51. The highest BCUT2D eigenvalue weighted by molar-refractivity contribution is 7.89. The van der Waals surface area contributed by atoms with Crippen LogP contribution in [0.3, 0.4) is 0 Å². The first kappa shape index (κ1) is 16.9. The van der Waals surface area contributed by atoms with Crippen molar-refractivity contribution in [3.63, 3.8) is 0 Å². The van der Waals surface area contributed by atoms with Crippen molar-refractivity contribution in [3.05, 3.63) is 0 Å². The summed E-state index contributed by atoms with van der Waals surface area (Å²) in [4.78, 5) is 0. The van der Waals surface area contributed by atoms with Crippen molar-refractivity contribution >= 4 is 10.0 Å². The molecular formula is C12H28N2O2S. The Labute approximate surface area is 107 Å². The summed E-state index contributed by atoms with van der Waals surface area (Å²) in [6.45, 7) is 9.65. The molecule has 0 aliphatic heterocycles. The number of nitrogens with zero attached hydrogens (tertiary/aromatic N) is 1. The van der Waals surface area contributed by atoms with Crippen LogP contribution in [0.25, 0.3) is 0 Å². The summed E-state index contributed by atoms with van der Waals surface area (Å²) in [6, 6.07) is 0. The van der Waals surface area contributed by atoms with E-state index in [-0.39, 0.29) is 11.2 Å². The lowest BCUT2D eigenvalue weighted by Crippen LogP contribution is -2.38. The molecule has 0 saturated carbocycles. The average molecular weight is 264 g/mol. The molecule has 5 heteroatoms. The topological polar surface area (TPSA) is 63.4 Å². The number of hydrogen-bond acceptors (Lipinski definition) is 3. The molecule has 2 N–H and O–H groups in total. The Morgan fingerprint density at radius 2 is 1.76 bits per heavy atom. The SMILES string of the molecule is CCCCN(CCN)S(=O)(=O)CCC(C)(C)C. The molecule has 0 spiro atoms. The van der Waals surface area contributed by atoms with Crippen molar-refractivity contribution in [1.82, 2.24) is 4.31 Å². The van der Waals surface area contributed by atoms with Crippen LogP contribution in [-0.2, 0) is 10.0 Å². The van der Waals surface area contributed by atoms with E-state index in [0.717, 1.165) is 12.8 Å². The molecule has 0 saturated heterocycles. The Morgan fingerprint density at radius 3 is 2.18 bits per heavy atom. The van der Waals surface area contributed by atoms with Gasteiger partial charge in [0.25, 0.3) is 0 Å². The summed E-state index contributed by atoms with van der Waals surface area (Å²) in [5.74, 6) is 0.222. The van der Waals surface area contributed by atoms with Crippen LogP contribution < -0.4 is 5.73 Å². The molecule has 17 heavy (non-hydrogen) atoms. The zero-order chi connectivity index (χ0) is 13.5. The van der Waals surface area contributed by atoms with Gasteiger partial charge in [0.05, 0.1) is 5.75 Å². The molecule has 0 fully saturated rings. The van der Waals surface area contributed by atoms with Gasteiger partial charge in [-0.15, -0.1) is 0 Å². The highest BCUT2D eigenvalue weighted by Crippen LogP contribution is 2.20. The van der Waals surface area contributed by atoms with Crippen molar-refractivity contribution in [2.24, 2.45) is 11.1 Å². The molecule has 0 amide bonds. The molecule has 0 aliphatic carbocycles. The monoisotopic (exact) mass is 264 g/mol. The second-order valence-electron chi connectivity index (χ2n) is 5.67. The van der Waals surface area contributed by atoms with Crippen LogP contribution in [0.5, 0.6) is 0 Å². The van der Waals surface area contributed by atoms with Gasteiger partial charge >= 0.3 is 0 Å². The molecule has 4 nitrogen and oxygen atoms in total. The van der Waals surface area contributed by atoms with E-state index in [1.54, 1.807) is 4.31 Å². The Kier molecular flexibility index (Phi) is 7.28. The first-order chi connectivity index (χ1) is 7.73. The predicted molar refractivity (Wildman–Crippen MR) is 73.4 cm³/mol. The summed E-state index contributed by atoms with van der Waals surface area (Å²) in [7, 11) is -3.14. The second kappa shape index (κ2) is 7.34. The maximum absolute atomic E-state index is 12.1. The van der Waals surface area contributed by atoms with Crippen LogP contribution in [0, 0.1) is 5.41 Å². The van der Waals surface area contributed by atoms with E-state index in [9.17, 15) is 8.42 Å². The largest absolute Gasteiger partial charge is 0.329 e. The lowest BCUT2D eigenvalue weighted by molar-refractivity contribution is 0.377. The van der Waals surface area contributed by atoms with Gasteiger partial charge in [-0.1, -0.05) is 34.1 Å². The third-order valence-electron chi connectivity index (χ3n) is 2.64. The van der Waals surface area contributed by atoms with Crippen molar-refractivity contribution in [2.75, 3.05) is 25.4 Å². The first-order valence-corrected chi connectivity index (χ1v) is 8.02. The minimum Gasteiger partial charge on any atom is -0.329 e. The van der Waals surface area contributed by atoms with E-state index in [1.807, 2.05) is 0 Å². The number of hydrogen-bond donors (Lipinski definition) is 1. The molecular weight excluding hydrogens is 236 g/mol. The van der Waals surface area contributed by atoms with Gasteiger partial charge in [0.1, 0.15) is 0 Å². The normalized spacial score (nSPS) is 13.3. The Bertz CT molecular complexity index is 294. The van der Waals surface area contributed by atoms with E-state index < -0.39 is 10.0 Å². The van der Waals surface area contributed by atoms with Crippen molar-refractivity contribution in [3.8, 4) is 0 Å². The van der Waals surface area contributed by atoms with Gasteiger partial charge in [-0.25, -0.2) is 12.7 Å². The van der Waals surface area contributed by atoms with Crippen LogP contribution in [-0.4, -0.2) is 38.1 Å². The summed E-state index contributed by atoms with van der Waals surface area (Å²) in [6.07, 6.45) is 2.58. The molecule has 0 aromatic rings. The van der Waals surface area contributed by atoms with Gasteiger partial charge < -0.3 is 5.73 Å². The Morgan fingerprint density at radius 1 is 1.18 bits per heavy atom. The number of nitrogens with two attached hydrogens (primary N) is 1. The molecule has 0 aromatic heterocycles. The van der Waals surface area contributed by atoms with Gasteiger partial charge in [0.2, 0.25) is 10.0 Å². The van der Waals surface area contributed by atoms with Crippen LogP contribution in [0.1, 0.15) is 47.0 Å². The minimum absolute atomic E-state index is 0.0478. The highest BCUT2D eigenvalue weighted by Gasteiger charge is 2.23. The van der Waals surface area contributed by atoms with Gasteiger partial charge in [-0.05, 0) is 18.3 Å². The van der Waals surface area contributed by atoms with E-state index in [0.29, 0.717) is 26.1 Å². The van der Waals surface area contributed by atoms with Crippen LogP contribution in [0.4, 0.5) is 0 Å². The summed E-state index contributed by atoms with van der Waals surface area (Å²) in [5, 5.41) is 0. The predicted octanol–water partition coefficient (Wildman–Crippen LogP) is 1.81. The van der Waals surface area contributed by atoms with Crippen LogP contribution in [0.15, 0.2) is 0 Å². The number of sulfonamides is 1. The standard InChI is InChI=1S/C12H28N2O2S/c1-5-6-9-14(10-8-13)17(15,16)11-7-12(2,3)4/h5-11,13H2,1-4H3. The minimum atomic E-state index is -3.14. The van der Waals surface area contributed by atoms with Crippen molar-refractivity contribution < 1.29 is 8.42 Å². The summed E-state index contributed by atoms with van der Waals surface area (Å²) < 4.78 is 25.8. The zero-order valence-electron chi connectivity index (χ0n) is 11.7. The fourth-order valence-corrected chi connectivity index (χ4v) is 3.35. The molecule has 104 valence electrons. The van der Waals surface area contributed by atoms with E-state index in [1.165, 1.54) is 0 Å². The average Bonchev–Trinajstić information content (AvgIpc) is 2.20. The molecule has 0 unspecified atom stereocenters. The fourth-order valence-electron chi connectivity index (χ4n) is 1.43. The lowest BCUT2D eigenvalue weighted by atomic mass is 9.94. The smallest absolute Gasteiger partial charge is 0.214 e. The Balaban J connectivity index is 4.49. The molecule has 0 atom stereocenters. The van der Waals surface area contributed by atoms with Gasteiger partial charge in [-0.3, -0.25) is 0 Å². The summed E-state index contributed by atoms with van der Waals surface area (Å²) in [5.41, 5.74) is 5.52. The lowest BCUT2D eigenvalue weighted by Gasteiger charge is -2.24. The Hall–Kier alpha value is -0.130. The first-order valence-electron chi connectivity index (χ1n) is 6.41. The maximum atomic E-state index is 12.1. The van der Waals surface area contributed by atoms with Crippen LogP contribution in [0.2, 0.25) is 0 Å². The molecule has 0 heterocycles. The van der Waals surface area contributed by atoms with Crippen molar-refractivity contribution in [1.29, 1.82) is 0 Å². The second-order valence-corrected chi connectivity index (χ2v) is 7.76. The molecule has 0 rings (SSSR count). The number of unbranched alkanes of at least 4 members (excludes halogenated alkanes) is 1. The van der Waals surface area contributed by atoms with Gasteiger partial charge in [0, 0.05) is 19.6 Å². The van der Waals surface area contributed by atoms with E-state index >= 15 is 0 Å². The van der Waals surface area contributed by atoms with Gasteiger partial charge in [0.15, 0.2) is 0 Å². The van der Waals surface area contributed by atoms with Crippen LogP contribution >= 0.6 is 0 Å². The van der Waals surface area contributed by atoms with E-state index in [4.69, 9.17) is 5.73 Å². The quantitative estimate of drug-likeness (QED) is 0.727. The summed E-state index contributed by atoms with van der Waals surface area (Å²) >= 11 is 0. The number of rotatable bonds is 8. The maximum Gasteiger partial charge on any atom is 0.214 e. The molecule has 0 bridgehead atoms. The highest BCUT2D eigenvalue weighted by atomic mass is 32.2. The third kappa shape index (κ3) is 7.73. The fraction of sp³-hybridized carbons (Fsp3) is 1.00. The zero-order valence-corrected chi connectivity index (χ0v) is 12.5. The van der Waals surface area contributed by atoms with Crippen molar-refractivity contribution in [2.45, 2.75) is 47.0 Å².